The molecule has 0 saturated carbocycles. The van der Waals surface area contributed by atoms with Crippen LogP contribution in [0.15, 0.2) is 54.6 Å². The summed E-state index contributed by atoms with van der Waals surface area (Å²) in [7, 11) is 0. The van der Waals surface area contributed by atoms with Crippen molar-refractivity contribution in [2.75, 3.05) is 29.9 Å². The van der Waals surface area contributed by atoms with Gasteiger partial charge in [0.1, 0.15) is 5.82 Å². The molecule has 2 aromatic carbocycles. The summed E-state index contributed by atoms with van der Waals surface area (Å²) >= 11 is 0. The number of fused-ring (bicyclic) bond motifs is 2. The van der Waals surface area contributed by atoms with E-state index in [1.807, 2.05) is 18.2 Å². The summed E-state index contributed by atoms with van der Waals surface area (Å²) < 4.78 is 0. The largest absolute Gasteiger partial charge is 0.390 e. The number of rotatable bonds is 5. The minimum Gasteiger partial charge on any atom is -0.390 e. The highest BCUT2D eigenvalue weighted by Crippen LogP contribution is 2.29. The minimum absolute atomic E-state index is 0.242. The van der Waals surface area contributed by atoms with Crippen molar-refractivity contribution in [3.05, 3.63) is 65.7 Å². The Kier molecular flexibility index (Phi) is 5.23. The number of aromatic nitrogens is 1. The maximum absolute atomic E-state index is 9.84. The van der Waals surface area contributed by atoms with Crippen molar-refractivity contribution in [1.29, 1.82) is 0 Å². The molecule has 0 bridgehead atoms. The average molecular weight is 362 g/mol. The monoisotopic (exact) mass is 362 g/mol. The Morgan fingerprint density at radius 2 is 1.89 bits per heavy atom. The number of hydrogen-bond acceptors (Lipinski definition) is 5. The zero-order valence-electron chi connectivity index (χ0n) is 15.4. The van der Waals surface area contributed by atoms with Crippen LogP contribution in [0.5, 0.6) is 0 Å². The maximum Gasteiger partial charge on any atom is 0.131 e. The first-order valence-corrected chi connectivity index (χ1v) is 9.58. The number of benzene rings is 2. The molecule has 0 saturated heterocycles. The number of nitrogens with two attached hydrogens (primary N) is 1. The predicted molar refractivity (Wildman–Crippen MR) is 111 cm³/mol. The van der Waals surface area contributed by atoms with Gasteiger partial charge in [-0.25, -0.2) is 4.98 Å². The first-order chi connectivity index (χ1) is 13.2. The van der Waals surface area contributed by atoms with Gasteiger partial charge in [-0.1, -0.05) is 42.5 Å². The molecular formula is C22H26N4O. The maximum atomic E-state index is 9.84. The van der Waals surface area contributed by atoms with Crippen molar-refractivity contribution in [3.63, 3.8) is 0 Å². The molecule has 140 valence electrons. The van der Waals surface area contributed by atoms with E-state index >= 15 is 0 Å². The third-order valence-electron chi connectivity index (χ3n) is 5.18. The lowest BCUT2D eigenvalue weighted by molar-refractivity contribution is 0.196. The van der Waals surface area contributed by atoms with Gasteiger partial charge >= 0.3 is 0 Å². The molecule has 1 atom stereocenters. The quantitative estimate of drug-likeness (QED) is 0.651. The Labute approximate surface area is 159 Å². The highest BCUT2D eigenvalue weighted by Gasteiger charge is 2.17. The standard InChI is InChI=1S/C22H26N4O/c23-13-18(27)14-24-21-12-22(25-20-10-4-3-9-19(20)21)26-11-5-8-16-6-1-2-7-17(16)15-26/h1-4,6-7,9-10,12,18,27H,5,8,11,13-15,23H2,(H,24,25). The van der Waals surface area contributed by atoms with Crippen molar-refractivity contribution < 1.29 is 5.11 Å². The van der Waals surface area contributed by atoms with Crippen LogP contribution in [0.3, 0.4) is 0 Å². The number of nitrogens with one attached hydrogen (secondary N) is 1. The molecule has 5 nitrogen and oxygen atoms in total. The van der Waals surface area contributed by atoms with E-state index in [4.69, 9.17) is 10.7 Å². The molecule has 0 amide bonds. The first-order valence-electron chi connectivity index (χ1n) is 9.58. The van der Waals surface area contributed by atoms with Crippen LogP contribution in [0.2, 0.25) is 0 Å². The lowest BCUT2D eigenvalue weighted by atomic mass is 10.0. The molecule has 3 aromatic rings. The van der Waals surface area contributed by atoms with Gasteiger partial charge in [-0.3, -0.25) is 0 Å². The summed E-state index contributed by atoms with van der Waals surface area (Å²) in [6.07, 6.45) is 1.65. The van der Waals surface area contributed by atoms with E-state index in [0.29, 0.717) is 6.54 Å². The van der Waals surface area contributed by atoms with Crippen molar-refractivity contribution >= 4 is 22.4 Å². The number of aryl methyl sites for hydroxylation is 1. The van der Waals surface area contributed by atoms with Crippen LogP contribution in [0, 0.1) is 0 Å². The number of hydrogen-bond donors (Lipinski definition) is 3. The van der Waals surface area contributed by atoms with Gasteiger partial charge in [0.2, 0.25) is 0 Å². The molecule has 4 rings (SSSR count). The lowest BCUT2D eigenvalue weighted by Gasteiger charge is -2.24. The SMILES string of the molecule is NCC(O)CNc1cc(N2CCCc3ccccc3C2)nc2ccccc12. The third kappa shape index (κ3) is 3.89. The van der Waals surface area contributed by atoms with E-state index < -0.39 is 6.10 Å². The van der Waals surface area contributed by atoms with Gasteiger partial charge in [0.25, 0.3) is 0 Å². The molecule has 1 aliphatic rings. The topological polar surface area (TPSA) is 74.4 Å². The fraction of sp³-hybridized carbons (Fsp3) is 0.318. The summed E-state index contributed by atoms with van der Waals surface area (Å²) in [5.41, 5.74) is 10.3. The van der Waals surface area contributed by atoms with Crippen LogP contribution in [-0.4, -0.2) is 35.8 Å². The second-order valence-electron chi connectivity index (χ2n) is 7.11. The van der Waals surface area contributed by atoms with Crippen molar-refractivity contribution in [3.8, 4) is 0 Å². The molecule has 27 heavy (non-hydrogen) atoms. The molecule has 0 spiro atoms. The molecule has 1 aromatic heterocycles. The van der Waals surface area contributed by atoms with Crippen LogP contribution in [-0.2, 0) is 13.0 Å². The van der Waals surface area contributed by atoms with Crippen molar-refractivity contribution in [2.24, 2.45) is 5.73 Å². The number of aliphatic hydroxyl groups is 1. The van der Waals surface area contributed by atoms with E-state index in [9.17, 15) is 5.11 Å². The summed E-state index contributed by atoms with van der Waals surface area (Å²) in [4.78, 5) is 7.27. The summed E-state index contributed by atoms with van der Waals surface area (Å²) in [6, 6.07) is 18.9. The molecule has 0 radical (unpaired) electrons. The highest BCUT2D eigenvalue weighted by atomic mass is 16.3. The van der Waals surface area contributed by atoms with Crippen molar-refractivity contribution in [1.82, 2.24) is 4.98 Å². The van der Waals surface area contributed by atoms with Crippen LogP contribution in [0.25, 0.3) is 10.9 Å². The van der Waals surface area contributed by atoms with E-state index in [1.54, 1.807) is 0 Å². The number of para-hydroxylation sites is 1. The Bertz CT molecular complexity index is 927. The van der Waals surface area contributed by atoms with Gasteiger partial charge in [-0.15, -0.1) is 0 Å². The second kappa shape index (κ2) is 7.94. The molecule has 0 fully saturated rings. The number of pyridine rings is 1. The van der Waals surface area contributed by atoms with Gasteiger partial charge in [-0.2, -0.15) is 0 Å². The van der Waals surface area contributed by atoms with Crippen molar-refractivity contribution in [2.45, 2.75) is 25.5 Å². The van der Waals surface area contributed by atoms with Gasteiger partial charge in [-0.05, 0) is 30.0 Å². The lowest BCUT2D eigenvalue weighted by Crippen LogP contribution is -2.28. The second-order valence-corrected chi connectivity index (χ2v) is 7.11. The van der Waals surface area contributed by atoms with Gasteiger partial charge in [0.15, 0.2) is 0 Å². The molecule has 4 N–H and O–H groups in total. The van der Waals surface area contributed by atoms with Crippen LogP contribution >= 0.6 is 0 Å². The smallest absolute Gasteiger partial charge is 0.131 e. The van der Waals surface area contributed by atoms with E-state index in [0.717, 1.165) is 48.3 Å². The number of nitrogens with zero attached hydrogens (tertiary/aromatic N) is 2. The predicted octanol–water partition coefficient (Wildman–Crippen LogP) is 2.92. The number of anilines is 2. The molecule has 1 aliphatic heterocycles. The van der Waals surface area contributed by atoms with E-state index in [2.05, 4.69) is 46.6 Å². The fourth-order valence-corrected chi connectivity index (χ4v) is 3.68. The van der Waals surface area contributed by atoms with Crippen LogP contribution in [0.1, 0.15) is 17.5 Å². The van der Waals surface area contributed by atoms with E-state index in [1.165, 1.54) is 11.1 Å². The highest BCUT2D eigenvalue weighted by molar-refractivity contribution is 5.93. The minimum atomic E-state index is -0.564. The van der Waals surface area contributed by atoms with E-state index in [-0.39, 0.29) is 6.54 Å². The molecule has 5 heteroatoms. The number of aliphatic hydroxyl groups excluding tert-OH is 1. The normalized spacial score (nSPS) is 15.3. The first kappa shape index (κ1) is 17.8. The Morgan fingerprint density at radius 1 is 1.11 bits per heavy atom. The van der Waals surface area contributed by atoms with Gasteiger partial charge in [0, 0.05) is 43.3 Å². The summed E-state index contributed by atoms with van der Waals surface area (Å²) in [5.74, 6) is 0.968. The zero-order valence-corrected chi connectivity index (χ0v) is 15.4. The summed E-state index contributed by atoms with van der Waals surface area (Å²) in [5, 5.41) is 14.3. The summed E-state index contributed by atoms with van der Waals surface area (Å²) in [6.45, 7) is 2.51. The Morgan fingerprint density at radius 3 is 2.74 bits per heavy atom. The third-order valence-corrected chi connectivity index (χ3v) is 5.18. The molecule has 0 aliphatic carbocycles. The van der Waals surface area contributed by atoms with Crippen LogP contribution in [0.4, 0.5) is 11.5 Å². The van der Waals surface area contributed by atoms with Crippen LogP contribution < -0.4 is 16.0 Å². The molecule has 2 heterocycles. The molecule has 1 unspecified atom stereocenters. The average Bonchev–Trinajstić information content (AvgIpc) is 2.94. The van der Waals surface area contributed by atoms with Gasteiger partial charge < -0.3 is 21.1 Å². The fourth-order valence-electron chi connectivity index (χ4n) is 3.68. The Hall–Kier alpha value is -2.63. The Balaban J connectivity index is 1.69. The van der Waals surface area contributed by atoms with Gasteiger partial charge in [0.05, 0.1) is 11.6 Å². The molecular weight excluding hydrogens is 336 g/mol. The zero-order chi connectivity index (χ0) is 18.6.